The Balaban J connectivity index is 1.34. The van der Waals surface area contributed by atoms with Crippen LogP contribution in [0.15, 0.2) is 36.4 Å². The number of likely N-dealkylation sites (tertiary alicyclic amines) is 1. The predicted molar refractivity (Wildman–Crippen MR) is 107 cm³/mol. The third kappa shape index (κ3) is 5.85. The van der Waals surface area contributed by atoms with Crippen LogP contribution in [-0.2, 0) is 0 Å². The molecule has 1 N–H and O–H groups in total. The molecule has 142 valence electrons. The molecule has 1 unspecified atom stereocenters. The number of carbonyl (C=O) groups excluding carboxylic acids is 1. The van der Waals surface area contributed by atoms with Crippen molar-refractivity contribution in [1.82, 2.24) is 20.0 Å². The summed E-state index contributed by atoms with van der Waals surface area (Å²) in [6.07, 6.45) is 6.96. The number of benzene rings is 1. The van der Waals surface area contributed by atoms with Crippen molar-refractivity contribution in [2.75, 3.05) is 52.4 Å². The first-order valence-corrected chi connectivity index (χ1v) is 9.92. The fraction of sp³-hybridized carbons (Fsp3) is 0.571. The van der Waals surface area contributed by atoms with Crippen molar-refractivity contribution in [3.05, 3.63) is 42.0 Å². The SMILES string of the molecule is CC(CN1CCCC1)NC(=O)N1CCN(C/C=C/c2ccccc2)CC1. The number of urea groups is 1. The molecule has 2 aliphatic rings. The van der Waals surface area contributed by atoms with Crippen LogP contribution in [0.2, 0.25) is 0 Å². The monoisotopic (exact) mass is 356 g/mol. The van der Waals surface area contributed by atoms with Crippen LogP contribution in [0.4, 0.5) is 4.79 Å². The lowest BCUT2D eigenvalue weighted by molar-refractivity contribution is 0.143. The molecule has 2 fully saturated rings. The average Bonchev–Trinajstić information content (AvgIpc) is 3.16. The van der Waals surface area contributed by atoms with E-state index in [4.69, 9.17) is 0 Å². The van der Waals surface area contributed by atoms with Gasteiger partial charge in [0.25, 0.3) is 0 Å². The Labute approximate surface area is 157 Å². The zero-order chi connectivity index (χ0) is 18.2. The zero-order valence-corrected chi connectivity index (χ0v) is 15.9. The second-order valence-electron chi connectivity index (χ2n) is 7.46. The molecule has 1 atom stereocenters. The van der Waals surface area contributed by atoms with Crippen molar-refractivity contribution in [2.24, 2.45) is 0 Å². The molecule has 0 spiro atoms. The third-order valence-electron chi connectivity index (χ3n) is 5.23. The van der Waals surface area contributed by atoms with E-state index in [0.717, 1.165) is 39.3 Å². The lowest BCUT2D eigenvalue weighted by atomic mass is 10.2. The Morgan fingerprint density at radius 2 is 1.73 bits per heavy atom. The molecule has 0 bridgehead atoms. The van der Waals surface area contributed by atoms with Gasteiger partial charge in [0, 0.05) is 45.3 Å². The fourth-order valence-corrected chi connectivity index (χ4v) is 3.74. The number of rotatable bonds is 6. The van der Waals surface area contributed by atoms with E-state index in [1.54, 1.807) is 0 Å². The van der Waals surface area contributed by atoms with Crippen LogP contribution in [0.1, 0.15) is 25.3 Å². The predicted octanol–water partition coefficient (Wildman–Crippen LogP) is 2.51. The van der Waals surface area contributed by atoms with E-state index in [0.29, 0.717) is 0 Å². The summed E-state index contributed by atoms with van der Waals surface area (Å²) in [6, 6.07) is 10.7. The number of nitrogens with one attached hydrogen (secondary N) is 1. The van der Waals surface area contributed by atoms with Gasteiger partial charge in [-0.2, -0.15) is 0 Å². The van der Waals surface area contributed by atoms with E-state index in [1.807, 2.05) is 11.0 Å². The Bertz CT molecular complexity index is 575. The van der Waals surface area contributed by atoms with E-state index in [2.05, 4.69) is 58.5 Å². The van der Waals surface area contributed by atoms with E-state index < -0.39 is 0 Å². The molecule has 1 aromatic carbocycles. The maximum absolute atomic E-state index is 12.5. The summed E-state index contributed by atoms with van der Waals surface area (Å²) in [5.74, 6) is 0. The van der Waals surface area contributed by atoms with Crippen molar-refractivity contribution in [2.45, 2.75) is 25.8 Å². The van der Waals surface area contributed by atoms with Gasteiger partial charge in [0.1, 0.15) is 0 Å². The molecule has 2 heterocycles. The van der Waals surface area contributed by atoms with Crippen LogP contribution < -0.4 is 5.32 Å². The molecule has 2 saturated heterocycles. The molecular weight excluding hydrogens is 324 g/mol. The first kappa shape index (κ1) is 18.9. The summed E-state index contributed by atoms with van der Waals surface area (Å²) in [4.78, 5) is 19.3. The first-order valence-electron chi connectivity index (χ1n) is 9.92. The molecule has 5 heteroatoms. The first-order chi connectivity index (χ1) is 12.7. The van der Waals surface area contributed by atoms with Crippen molar-refractivity contribution < 1.29 is 4.79 Å². The number of piperazine rings is 1. The van der Waals surface area contributed by atoms with Crippen molar-refractivity contribution in [1.29, 1.82) is 0 Å². The molecular formula is C21H32N4O. The lowest BCUT2D eigenvalue weighted by Gasteiger charge is -2.35. The highest BCUT2D eigenvalue weighted by Gasteiger charge is 2.22. The normalized spacial score (nSPS) is 20.6. The number of amides is 2. The van der Waals surface area contributed by atoms with Crippen LogP contribution in [0.3, 0.4) is 0 Å². The minimum absolute atomic E-state index is 0.0937. The zero-order valence-electron chi connectivity index (χ0n) is 15.9. The summed E-state index contributed by atoms with van der Waals surface area (Å²) in [5.41, 5.74) is 1.23. The van der Waals surface area contributed by atoms with Gasteiger partial charge in [-0.05, 0) is 38.4 Å². The number of hydrogen-bond donors (Lipinski definition) is 1. The molecule has 0 radical (unpaired) electrons. The van der Waals surface area contributed by atoms with E-state index in [1.165, 1.54) is 31.5 Å². The van der Waals surface area contributed by atoms with Gasteiger partial charge in [-0.25, -0.2) is 4.79 Å². The van der Waals surface area contributed by atoms with Crippen LogP contribution in [-0.4, -0.2) is 79.1 Å². The average molecular weight is 357 g/mol. The Hall–Kier alpha value is -1.85. The summed E-state index contributed by atoms with van der Waals surface area (Å²) >= 11 is 0. The van der Waals surface area contributed by atoms with Crippen molar-refractivity contribution in [3.63, 3.8) is 0 Å². The van der Waals surface area contributed by atoms with Crippen molar-refractivity contribution >= 4 is 12.1 Å². The molecule has 0 aliphatic carbocycles. The molecule has 3 rings (SSSR count). The quantitative estimate of drug-likeness (QED) is 0.851. The number of nitrogens with zero attached hydrogens (tertiary/aromatic N) is 3. The minimum atomic E-state index is 0.0937. The van der Waals surface area contributed by atoms with Gasteiger partial charge in [0.2, 0.25) is 0 Å². The number of carbonyl (C=O) groups is 1. The molecule has 5 nitrogen and oxygen atoms in total. The molecule has 0 aromatic heterocycles. The van der Waals surface area contributed by atoms with Crippen molar-refractivity contribution in [3.8, 4) is 0 Å². The highest BCUT2D eigenvalue weighted by Crippen LogP contribution is 2.08. The second kappa shape index (κ2) is 9.74. The minimum Gasteiger partial charge on any atom is -0.334 e. The van der Waals surface area contributed by atoms with Gasteiger partial charge < -0.3 is 15.1 Å². The largest absolute Gasteiger partial charge is 0.334 e. The van der Waals surface area contributed by atoms with Gasteiger partial charge in [-0.3, -0.25) is 4.90 Å². The van der Waals surface area contributed by atoms with E-state index >= 15 is 0 Å². The van der Waals surface area contributed by atoms with Gasteiger partial charge in [0.15, 0.2) is 0 Å². The van der Waals surface area contributed by atoms with Gasteiger partial charge in [-0.1, -0.05) is 42.5 Å². The highest BCUT2D eigenvalue weighted by molar-refractivity contribution is 5.74. The molecule has 2 amide bonds. The molecule has 2 aliphatic heterocycles. The summed E-state index contributed by atoms with van der Waals surface area (Å²) in [6.45, 7) is 9.86. The number of hydrogen-bond acceptors (Lipinski definition) is 3. The van der Waals surface area contributed by atoms with Crippen LogP contribution in [0, 0.1) is 0 Å². The third-order valence-corrected chi connectivity index (χ3v) is 5.23. The topological polar surface area (TPSA) is 38.8 Å². The summed E-state index contributed by atoms with van der Waals surface area (Å²) < 4.78 is 0. The maximum Gasteiger partial charge on any atom is 0.317 e. The fourth-order valence-electron chi connectivity index (χ4n) is 3.74. The van der Waals surface area contributed by atoms with Crippen LogP contribution in [0.25, 0.3) is 6.08 Å². The highest BCUT2D eigenvalue weighted by atomic mass is 16.2. The van der Waals surface area contributed by atoms with Crippen LogP contribution in [0.5, 0.6) is 0 Å². The smallest absolute Gasteiger partial charge is 0.317 e. The van der Waals surface area contributed by atoms with Gasteiger partial charge >= 0.3 is 6.03 Å². The molecule has 0 saturated carbocycles. The maximum atomic E-state index is 12.5. The van der Waals surface area contributed by atoms with Gasteiger partial charge in [0.05, 0.1) is 0 Å². The summed E-state index contributed by atoms with van der Waals surface area (Å²) in [7, 11) is 0. The lowest BCUT2D eigenvalue weighted by Crippen LogP contribution is -2.54. The van der Waals surface area contributed by atoms with Crippen LogP contribution >= 0.6 is 0 Å². The molecule has 1 aromatic rings. The van der Waals surface area contributed by atoms with Gasteiger partial charge in [-0.15, -0.1) is 0 Å². The Kier molecular flexibility index (Phi) is 7.09. The van der Waals surface area contributed by atoms with E-state index in [9.17, 15) is 4.79 Å². The summed E-state index contributed by atoms with van der Waals surface area (Å²) in [5, 5.41) is 3.17. The second-order valence-corrected chi connectivity index (χ2v) is 7.46. The standard InChI is InChI=1S/C21H32N4O/c1-19(18-24-11-5-6-12-24)22-21(26)25-16-14-23(15-17-25)13-7-10-20-8-3-2-4-9-20/h2-4,7-10,19H,5-6,11-18H2,1H3,(H,22,26)/b10-7+. The Morgan fingerprint density at radius 3 is 2.42 bits per heavy atom. The molecule has 26 heavy (non-hydrogen) atoms. The van der Waals surface area contributed by atoms with E-state index in [-0.39, 0.29) is 12.1 Å². The Morgan fingerprint density at radius 1 is 1.04 bits per heavy atom.